The van der Waals surface area contributed by atoms with Crippen molar-refractivity contribution >= 4 is 51.0 Å². The van der Waals surface area contributed by atoms with Crippen LogP contribution in [0, 0.1) is 0 Å². The normalized spacial score (nSPS) is 12.9. The van der Waals surface area contributed by atoms with Crippen molar-refractivity contribution < 1.29 is 0 Å². The number of para-hydroxylation sites is 1. The van der Waals surface area contributed by atoms with Crippen LogP contribution in [0.15, 0.2) is 297 Å². The topological polar surface area (TPSA) is 6.48 Å². The van der Waals surface area contributed by atoms with Gasteiger partial charge >= 0.3 is 0 Å². The molecule has 77 heavy (non-hydrogen) atoms. The van der Waals surface area contributed by atoms with Crippen molar-refractivity contribution in [2.75, 3.05) is 9.80 Å². The summed E-state index contributed by atoms with van der Waals surface area (Å²) in [6, 6.07) is 107. The number of anilines is 6. The van der Waals surface area contributed by atoms with E-state index in [1.807, 2.05) is 0 Å². The van der Waals surface area contributed by atoms with Crippen LogP contribution >= 0.6 is 0 Å². The lowest BCUT2D eigenvalue weighted by Gasteiger charge is -2.35. The molecule has 0 aliphatic heterocycles. The molecule has 12 aromatic carbocycles. The minimum atomic E-state index is -0.535. The summed E-state index contributed by atoms with van der Waals surface area (Å²) in [5.74, 6) is 0. The number of nitrogens with zero attached hydrogens (tertiary/aromatic N) is 2. The van der Waals surface area contributed by atoms with Crippen LogP contribution < -0.4 is 9.80 Å². The lowest BCUT2D eigenvalue weighted by atomic mass is 9.67. The van der Waals surface area contributed by atoms with Gasteiger partial charge in [0.05, 0.1) is 11.1 Å². The molecule has 0 saturated heterocycles. The third kappa shape index (κ3) is 8.14. The Balaban J connectivity index is 0.878. The van der Waals surface area contributed by atoms with Crippen molar-refractivity contribution in [1.82, 2.24) is 0 Å². The van der Waals surface area contributed by atoms with Crippen molar-refractivity contribution in [3.8, 4) is 44.5 Å². The smallest absolute Gasteiger partial charge is 0.0714 e. The summed E-state index contributed by atoms with van der Waals surface area (Å²) in [5.41, 5.74) is 23.5. The first kappa shape index (κ1) is 45.8. The Bertz CT molecular complexity index is 4090. The first-order valence-electron chi connectivity index (χ1n) is 26.9. The summed E-state index contributed by atoms with van der Waals surface area (Å²) >= 11 is 0. The SMILES string of the molecule is C1=Cc2cc(-c3ccccc3)c(N(c3ccc(-c4cccc(-c5ccc(N(c6ccccc6)c6ccc7ccccc7c6)cc5)c4)cc3)c3ccc4c(c3)C(c3ccccc3)(c3ccccc3)c3ccccc3-4)cc2CC1. The highest BCUT2D eigenvalue weighted by atomic mass is 15.1. The van der Waals surface area contributed by atoms with Crippen molar-refractivity contribution in [1.29, 1.82) is 0 Å². The van der Waals surface area contributed by atoms with E-state index < -0.39 is 5.41 Å². The van der Waals surface area contributed by atoms with Gasteiger partial charge in [-0.2, -0.15) is 0 Å². The lowest BCUT2D eigenvalue weighted by Crippen LogP contribution is -2.28. The summed E-state index contributed by atoms with van der Waals surface area (Å²) in [4.78, 5) is 4.86. The lowest BCUT2D eigenvalue weighted by molar-refractivity contribution is 0.768. The molecule has 364 valence electrons. The van der Waals surface area contributed by atoms with Gasteiger partial charge in [0.15, 0.2) is 0 Å². The number of hydrogen-bond donors (Lipinski definition) is 0. The molecule has 2 nitrogen and oxygen atoms in total. The van der Waals surface area contributed by atoms with Crippen LogP contribution in [0.3, 0.4) is 0 Å². The highest BCUT2D eigenvalue weighted by Crippen LogP contribution is 2.58. The number of fused-ring (bicyclic) bond motifs is 5. The molecule has 0 unspecified atom stereocenters. The molecule has 0 radical (unpaired) electrons. The molecule has 2 aliphatic carbocycles. The average molecular weight is 983 g/mol. The summed E-state index contributed by atoms with van der Waals surface area (Å²) in [6.45, 7) is 0. The Kier molecular flexibility index (Phi) is 11.6. The van der Waals surface area contributed by atoms with Gasteiger partial charge < -0.3 is 9.80 Å². The van der Waals surface area contributed by atoms with Gasteiger partial charge in [0.1, 0.15) is 0 Å². The maximum atomic E-state index is 2.52. The molecule has 12 aromatic rings. The quantitative estimate of drug-likeness (QED) is 0.127. The van der Waals surface area contributed by atoms with Gasteiger partial charge in [-0.15, -0.1) is 0 Å². The first-order chi connectivity index (χ1) is 38.2. The molecule has 0 aromatic heterocycles. The summed E-state index contributed by atoms with van der Waals surface area (Å²) in [5, 5.41) is 2.45. The highest BCUT2D eigenvalue weighted by molar-refractivity contribution is 5.94. The Morgan fingerprint density at radius 1 is 0.299 bits per heavy atom. The largest absolute Gasteiger partial charge is 0.310 e. The monoisotopic (exact) mass is 982 g/mol. The number of rotatable bonds is 11. The van der Waals surface area contributed by atoms with E-state index in [0.717, 1.165) is 52.5 Å². The zero-order valence-corrected chi connectivity index (χ0v) is 42.7. The van der Waals surface area contributed by atoms with Crippen LogP contribution in [0.4, 0.5) is 34.1 Å². The van der Waals surface area contributed by atoms with Crippen LogP contribution in [0.25, 0.3) is 61.4 Å². The molecule has 0 fully saturated rings. The van der Waals surface area contributed by atoms with E-state index in [1.54, 1.807) is 0 Å². The molecule has 0 N–H and O–H groups in total. The molecule has 0 spiro atoms. The third-order valence-corrected chi connectivity index (χ3v) is 15.9. The van der Waals surface area contributed by atoms with Gasteiger partial charge in [-0.1, -0.05) is 224 Å². The minimum Gasteiger partial charge on any atom is -0.310 e. The summed E-state index contributed by atoms with van der Waals surface area (Å²) in [6.07, 6.45) is 6.65. The number of allylic oxidation sites excluding steroid dienone is 1. The average Bonchev–Trinajstić information content (AvgIpc) is 4.00. The molecular weight excluding hydrogens is 929 g/mol. The van der Waals surface area contributed by atoms with Crippen LogP contribution in [0.5, 0.6) is 0 Å². The second-order valence-corrected chi connectivity index (χ2v) is 20.3. The Morgan fingerprint density at radius 2 is 0.818 bits per heavy atom. The van der Waals surface area contributed by atoms with Gasteiger partial charge in [-0.25, -0.2) is 0 Å². The van der Waals surface area contributed by atoms with Gasteiger partial charge in [0.2, 0.25) is 0 Å². The fourth-order valence-electron chi connectivity index (χ4n) is 12.3. The van der Waals surface area contributed by atoms with Crippen molar-refractivity contribution in [3.05, 3.63) is 331 Å². The Hall–Kier alpha value is -9.76. The van der Waals surface area contributed by atoms with E-state index in [2.05, 4.69) is 313 Å². The van der Waals surface area contributed by atoms with E-state index in [1.165, 1.54) is 83.1 Å². The van der Waals surface area contributed by atoms with Gasteiger partial charge in [-0.3, -0.25) is 0 Å². The van der Waals surface area contributed by atoms with Crippen molar-refractivity contribution in [2.45, 2.75) is 18.3 Å². The van der Waals surface area contributed by atoms with Crippen molar-refractivity contribution in [2.24, 2.45) is 0 Å². The molecule has 2 heteroatoms. The van der Waals surface area contributed by atoms with E-state index in [9.17, 15) is 0 Å². The number of aryl methyl sites for hydroxylation is 1. The zero-order chi connectivity index (χ0) is 51.1. The number of benzene rings is 12. The second-order valence-electron chi connectivity index (χ2n) is 20.3. The van der Waals surface area contributed by atoms with E-state index in [4.69, 9.17) is 0 Å². The molecule has 0 amide bonds. The Labute approximate surface area is 451 Å². The summed E-state index contributed by atoms with van der Waals surface area (Å²) in [7, 11) is 0. The molecular formula is C75H54N2. The maximum absolute atomic E-state index is 2.52. The standard InChI is InChI=1S/C75H54N2/c1-5-21-56(22-6-1)71-50-60-24-15-16-25-61(60)51-74(71)77(68-46-47-70-69-34-17-18-35-72(69)75(73(70)52-68,62-28-7-2-8-29-62)63-30-9-3-10-31-63)66-43-38-55(39-44-66)58-27-19-26-57(48-58)54-36-41-65(42-37-54)76(64-32-11-4-12-33-64)67-45-40-53-20-13-14-23-59(53)49-67/h1-15,17-24,26-52H,16,25H2. The van der Waals surface area contributed by atoms with Crippen molar-refractivity contribution in [3.63, 3.8) is 0 Å². The Morgan fingerprint density at radius 3 is 1.51 bits per heavy atom. The van der Waals surface area contributed by atoms with Crippen LogP contribution in [0.1, 0.15) is 39.8 Å². The summed E-state index contributed by atoms with van der Waals surface area (Å²) < 4.78 is 0. The molecule has 2 aliphatic rings. The predicted octanol–water partition coefficient (Wildman–Crippen LogP) is 20.1. The van der Waals surface area contributed by atoms with E-state index in [-0.39, 0.29) is 0 Å². The highest BCUT2D eigenvalue weighted by Gasteiger charge is 2.46. The zero-order valence-electron chi connectivity index (χ0n) is 42.7. The maximum Gasteiger partial charge on any atom is 0.0714 e. The molecule has 0 saturated carbocycles. The second kappa shape index (κ2) is 19.5. The van der Waals surface area contributed by atoms with Crippen LogP contribution in [0.2, 0.25) is 0 Å². The molecule has 0 bridgehead atoms. The number of hydrogen-bond acceptors (Lipinski definition) is 2. The molecule has 0 atom stereocenters. The fourth-order valence-corrected chi connectivity index (χ4v) is 12.3. The fraction of sp³-hybridized carbons (Fsp3) is 0.0400. The minimum absolute atomic E-state index is 0.535. The molecule has 0 heterocycles. The van der Waals surface area contributed by atoms with Gasteiger partial charge in [0, 0.05) is 34.0 Å². The van der Waals surface area contributed by atoms with Crippen LogP contribution in [-0.4, -0.2) is 0 Å². The van der Waals surface area contributed by atoms with Crippen LogP contribution in [-0.2, 0) is 11.8 Å². The van der Waals surface area contributed by atoms with Gasteiger partial charge in [-0.05, 0) is 175 Å². The van der Waals surface area contributed by atoms with Gasteiger partial charge in [0.25, 0.3) is 0 Å². The van der Waals surface area contributed by atoms with E-state index in [0.29, 0.717) is 0 Å². The first-order valence-corrected chi connectivity index (χ1v) is 26.9. The van der Waals surface area contributed by atoms with E-state index >= 15 is 0 Å². The molecule has 14 rings (SSSR count). The third-order valence-electron chi connectivity index (χ3n) is 15.9. The predicted molar refractivity (Wildman–Crippen MR) is 324 cm³/mol.